The molecule has 18 heavy (non-hydrogen) atoms. The van der Waals surface area contributed by atoms with E-state index in [9.17, 15) is 14.7 Å². The van der Waals surface area contributed by atoms with Gasteiger partial charge in [0.05, 0.1) is 6.10 Å². The van der Waals surface area contributed by atoms with Crippen molar-refractivity contribution < 1.29 is 14.7 Å². The normalized spacial score (nSPS) is 20.3. The summed E-state index contributed by atoms with van der Waals surface area (Å²) in [5, 5.41) is 12.2. The van der Waals surface area contributed by atoms with E-state index in [-0.39, 0.29) is 23.8 Å². The maximum absolute atomic E-state index is 12.0. The predicted molar refractivity (Wildman–Crippen MR) is 68.9 cm³/mol. The number of hydrogen-bond donors (Lipinski definition) is 2. The third-order valence-electron chi connectivity index (χ3n) is 3.39. The van der Waals surface area contributed by atoms with E-state index in [1.165, 1.54) is 0 Å². The van der Waals surface area contributed by atoms with Crippen LogP contribution >= 0.6 is 0 Å². The highest BCUT2D eigenvalue weighted by molar-refractivity contribution is 5.79. The molecule has 1 aliphatic rings. The lowest BCUT2D eigenvalue weighted by Gasteiger charge is -2.31. The van der Waals surface area contributed by atoms with Crippen LogP contribution in [0.5, 0.6) is 0 Å². The minimum atomic E-state index is -0.403. The lowest BCUT2D eigenvalue weighted by atomic mass is 9.95. The number of amides is 2. The van der Waals surface area contributed by atoms with Crippen molar-refractivity contribution in [2.45, 2.75) is 52.2 Å². The number of rotatable bonds is 4. The van der Waals surface area contributed by atoms with Gasteiger partial charge in [0.25, 0.3) is 0 Å². The summed E-state index contributed by atoms with van der Waals surface area (Å²) in [6, 6.07) is -0.0108. The number of carbonyl (C=O) groups excluding carboxylic acids is 2. The molecule has 0 bridgehead atoms. The van der Waals surface area contributed by atoms with Crippen LogP contribution in [0.2, 0.25) is 0 Å². The van der Waals surface area contributed by atoms with Gasteiger partial charge < -0.3 is 15.3 Å². The number of piperidine rings is 1. The number of likely N-dealkylation sites (tertiary alicyclic amines) is 1. The van der Waals surface area contributed by atoms with E-state index < -0.39 is 6.10 Å². The van der Waals surface area contributed by atoms with Crippen molar-refractivity contribution in [3.05, 3.63) is 0 Å². The van der Waals surface area contributed by atoms with Gasteiger partial charge in [0.1, 0.15) is 0 Å². The smallest absolute Gasteiger partial charge is 0.223 e. The number of aliphatic hydroxyl groups excluding tert-OH is 1. The van der Waals surface area contributed by atoms with Crippen LogP contribution in [-0.4, -0.2) is 47.1 Å². The summed E-state index contributed by atoms with van der Waals surface area (Å²) < 4.78 is 0. The summed E-state index contributed by atoms with van der Waals surface area (Å²) in [5.74, 6) is 0.125. The van der Waals surface area contributed by atoms with Gasteiger partial charge in [0.15, 0.2) is 0 Å². The van der Waals surface area contributed by atoms with Crippen LogP contribution in [0.4, 0.5) is 0 Å². The first kappa shape index (κ1) is 15.0. The molecule has 1 saturated heterocycles. The molecule has 104 valence electrons. The van der Waals surface area contributed by atoms with Crippen molar-refractivity contribution >= 4 is 11.8 Å². The zero-order chi connectivity index (χ0) is 13.7. The standard InChI is InChI=1S/C13H24N2O3/c1-9(8-10(2)16)14-13(18)12-4-6-15(7-5-12)11(3)17/h9-10,12,16H,4-8H2,1-3H3,(H,14,18). The maximum atomic E-state index is 12.0. The molecule has 1 heterocycles. The molecule has 2 N–H and O–H groups in total. The molecule has 0 aromatic heterocycles. The molecule has 2 amide bonds. The first-order valence-electron chi connectivity index (χ1n) is 6.64. The summed E-state index contributed by atoms with van der Waals surface area (Å²) in [7, 11) is 0. The second kappa shape index (κ2) is 6.73. The molecule has 5 nitrogen and oxygen atoms in total. The molecule has 0 spiro atoms. The quantitative estimate of drug-likeness (QED) is 0.770. The zero-order valence-electron chi connectivity index (χ0n) is 11.5. The van der Waals surface area contributed by atoms with Gasteiger partial charge in [-0.05, 0) is 33.1 Å². The van der Waals surface area contributed by atoms with Crippen LogP contribution in [0.15, 0.2) is 0 Å². The number of aliphatic hydroxyl groups is 1. The highest BCUT2D eigenvalue weighted by atomic mass is 16.3. The van der Waals surface area contributed by atoms with Crippen molar-refractivity contribution in [1.29, 1.82) is 0 Å². The number of hydrogen-bond acceptors (Lipinski definition) is 3. The Labute approximate surface area is 109 Å². The fraction of sp³-hybridized carbons (Fsp3) is 0.846. The van der Waals surface area contributed by atoms with Gasteiger partial charge in [-0.1, -0.05) is 0 Å². The fourth-order valence-corrected chi connectivity index (χ4v) is 2.39. The second-order valence-corrected chi connectivity index (χ2v) is 5.27. The van der Waals surface area contributed by atoms with Crippen molar-refractivity contribution in [3.8, 4) is 0 Å². The topological polar surface area (TPSA) is 69.6 Å². The first-order chi connectivity index (χ1) is 8.40. The van der Waals surface area contributed by atoms with Gasteiger partial charge in [-0.25, -0.2) is 0 Å². The molecule has 0 aromatic carbocycles. The van der Waals surface area contributed by atoms with Crippen LogP contribution < -0.4 is 5.32 Å². The second-order valence-electron chi connectivity index (χ2n) is 5.27. The van der Waals surface area contributed by atoms with Gasteiger partial charge in [-0.15, -0.1) is 0 Å². The van der Waals surface area contributed by atoms with Crippen LogP contribution in [0.3, 0.4) is 0 Å². The third-order valence-corrected chi connectivity index (χ3v) is 3.39. The molecule has 2 atom stereocenters. The van der Waals surface area contributed by atoms with E-state index in [0.29, 0.717) is 19.5 Å². The van der Waals surface area contributed by atoms with Crippen molar-refractivity contribution in [2.75, 3.05) is 13.1 Å². The molecule has 1 fully saturated rings. The molecule has 5 heteroatoms. The van der Waals surface area contributed by atoms with Gasteiger partial charge >= 0.3 is 0 Å². The number of nitrogens with one attached hydrogen (secondary N) is 1. The van der Waals surface area contributed by atoms with Crippen molar-refractivity contribution in [3.63, 3.8) is 0 Å². The predicted octanol–water partition coefficient (Wildman–Crippen LogP) is 0.520. The molecule has 2 unspecified atom stereocenters. The third kappa shape index (κ3) is 4.64. The highest BCUT2D eigenvalue weighted by Crippen LogP contribution is 2.17. The Morgan fingerprint density at radius 2 is 1.89 bits per heavy atom. The van der Waals surface area contributed by atoms with E-state index in [0.717, 1.165) is 12.8 Å². The molecule has 0 radical (unpaired) electrons. The number of nitrogens with zero attached hydrogens (tertiary/aromatic N) is 1. The fourth-order valence-electron chi connectivity index (χ4n) is 2.39. The maximum Gasteiger partial charge on any atom is 0.223 e. The Bertz CT molecular complexity index is 297. The zero-order valence-corrected chi connectivity index (χ0v) is 11.5. The Kier molecular flexibility index (Phi) is 5.59. The monoisotopic (exact) mass is 256 g/mol. The molecule has 0 saturated carbocycles. The molecule has 0 aromatic rings. The average Bonchev–Trinajstić information content (AvgIpc) is 2.27. The Morgan fingerprint density at radius 1 is 1.33 bits per heavy atom. The summed E-state index contributed by atoms with van der Waals surface area (Å²) in [6.45, 7) is 6.50. The van der Waals surface area contributed by atoms with E-state index in [4.69, 9.17) is 0 Å². The molecular weight excluding hydrogens is 232 g/mol. The lowest BCUT2D eigenvalue weighted by Crippen LogP contribution is -2.44. The Morgan fingerprint density at radius 3 is 2.33 bits per heavy atom. The summed E-state index contributed by atoms with van der Waals surface area (Å²) in [6.07, 6.45) is 1.62. The van der Waals surface area contributed by atoms with E-state index >= 15 is 0 Å². The molecule has 1 aliphatic heterocycles. The van der Waals surface area contributed by atoms with E-state index in [1.807, 2.05) is 6.92 Å². The van der Waals surface area contributed by atoms with Gasteiger partial charge in [-0.3, -0.25) is 9.59 Å². The molecule has 1 rings (SSSR count). The minimum absolute atomic E-state index is 0.00273. The summed E-state index contributed by atoms with van der Waals surface area (Å²) >= 11 is 0. The van der Waals surface area contributed by atoms with Crippen molar-refractivity contribution in [2.24, 2.45) is 5.92 Å². The Balaban J connectivity index is 2.34. The number of carbonyl (C=O) groups is 2. The first-order valence-corrected chi connectivity index (χ1v) is 6.64. The van der Waals surface area contributed by atoms with Crippen LogP contribution in [0, 0.1) is 5.92 Å². The van der Waals surface area contributed by atoms with Crippen LogP contribution in [0.1, 0.15) is 40.0 Å². The van der Waals surface area contributed by atoms with E-state index in [2.05, 4.69) is 5.32 Å². The summed E-state index contributed by atoms with van der Waals surface area (Å²) in [5.41, 5.74) is 0. The Hall–Kier alpha value is -1.10. The van der Waals surface area contributed by atoms with Crippen molar-refractivity contribution in [1.82, 2.24) is 10.2 Å². The molecule has 0 aliphatic carbocycles. The highest BCUT2D eigenvalue weighted by Gasteiger charge is 2.26. The average molecular weight is 256 g/mol. The van der Waals surface area contributed by atoms with Gasteiger partial charge in [-0.2, -0.15) is 0 Å². The van der Waals surface area contributed by atoms with E-state index in [1.54, 1.807) is 18.7 Å². The van der Waals surface area contributed by atoms with Crippen LogP contribution in [0.25, 0.3) is 0 Å². The molecular formula is C13H24N2O3. The van der Waals surface area contributed by atoms with Gasteiger partial charge in [0.2, 0.25) is 11.8 Å². The summed E-state index contributed by atoms with van der Waals surface area (Å²) in [4.78, 5) is 24.9. The lowest BCUT2D eigenvalue weighted by molar-refractivity contribution is -0.134. The minimum Gasteiger partial charge on any atom is -0.393 e. The van der Waals surface area contributed by atoms with Gasteiger partial charge in [0, 0.05) is 32.0 Å². The van der Waals surface area contributed by atoms with Crippen LogP contribution in [-0.2, 0) is 9.59 Å². The SMILES string of the molecule is CC(=O)N1CCC(C(=O)NC(C)CC(C)O)CC1. The largest absolute Gasteiger partial charge is 0.393 e.